The Kier molecular flexibility index (Phi) is 10.2. The van der Waals surface area contributed by atoms with Crippen molar-refractivity contribution in [1.29, 1.82) is 0 Å². The molecule has 0 aliphatic rings. The van der Waals surface area contributed by atoms with Gasteiger partial charge in [0.05, 0.1) is 11.0 Å². The summed E-state index contributed by atoms with van der Waals surface area (Å²) in [6.45, 7) is 0. The van der Waals surface area contributed by atoms with Crippen molar-refractivity contribution in [2.75, 3.05) is 4.90 Å². The fourth-order valence-electron chi connectivity index (χ4n) is 10.7. The molecule has 70 heavy (non-hydrogen) atoms. The predicted molar refractivity (Wildman–Crippen MR) is 298 cm³/mol. The van der Waals surface area contributed by atoms with Gasteiger partial charge in [0, 0.05) is 39.1 Å². The van der Waals surface area contributed by atoms with Gasteiger partial charge in [0.15, 0.2) is 0 Å². The van der Waals surface area contributed by atoms with Gasteiger partial charge in [-0.25, -0.2) is 0 Å². The van der Waals surface area contributed by atoms with Crippen LogP contribution in [0.1, 0.15) is 0 Å². The number of anilines is 3. The summed E-state index contributed by atoms with van der Waals surface area (Å²) in [6, 6.07) is 102. The molecule has 0 amide bonds. The Morgan fingerprint density at radius 2 is 0.700 bits per heavy atom. The summed E-state index contributed by atoms with van der Waals surface area (Å²) in [5.74, 6) is 0. The van der Waals surface area contributed by atoms with Crippen LogP contribution in [-0.2, 0) is 0 Å². The lowest BCUT2D eigenvalue weighted by Gasteiger charge is -2.26. The van der Waals surface area contributed by atoms with Gasteiger partial charge in [0.1, 0.15) is 0 Å². The lowest BCUT2D eigenvalue weighted by Crippen LogP contribution is -2.10. The van der Waals surface area contributed by atoms with Crippen molar-refractivity contribution < 1.29 is 0 Å². The average Bonchev–Trinajstić information content (AvgIpc) is 3.79. The van der Waals surface area contributed by atoms with Gasteiger partial charge in [-0.3, -0.25) is 0 Å². The van der Waals surface area contributed by atoms with E-state index in [0.717, 1.165) is 28.3 Å². The van der Waals surface area contributed by atoms with Crippen molar-refractivity contribution in [2.24, 2.45) is 0 Å². The number of aromatic nitrogens is 1. The Balaban J connectivity index is 0.942. The number of nitrogens with zero attached hydrogens (tertiary/aromatic N) is 2. The Bertz CT molecular complexity index is 4010. The number of hydrogen-bond donors (Lipinski definition) is 0. The molecule has 0 saturated carbocycles. The van der Waals surface area contributed by atoms with Gasteiger partial charge >= 0.3 is 0 Å². The number of fused-ring (bicyclic) bond motifs is 5. The third-order valence-corrected chi connectivity index (χ3v) is 14.0. The molecule has 1 aromatic heterocycles. The molecular formula is C68H46N2. The van der Waals surface area contributed by atoms with Crippen LogP contribution in [0.4, 0.5) is 17.1 Å². The molecule has 12 aromatic carbocycles. The van der Waals surface area contributed by atoms with Crippen LogP contribution in [0.15, 0.2) is 279 Å². The Morgan fingerprint density at radius 3 is 1.33 bits per heavy atom. The zero-order valence-electron chi connectivity index (χ0n) is 38.5. The summed E-state index contributed by atoms with van der Waals surface area (Å²) < 4.78 is 2.45. The fraction of sp³-hybridized carbons (Fsp3) is 0. The van der Waals surface area contributed by atoms with E-state index in [9.17, 15) is 0 Å². The highest BCUT2D eigenvalue weighted by Crippen LogP contribution is 2.45. The molecule has 0 atom stereocenters. The smallest absolute Gasteiger partial charge is 0.0625 e. The lowest BCUT2D eigenvalue weighted by atomic mass is 9.94. The van der Waals surface area contributed by atoms with Crippen molar-refractivity contribution in [2.45, 2.75) is 0 Å². The topological polar surface area (TPSA) is 8.17 Å². The van der Waals surface area contributed by atoms with Crippen molar-refractivity contribution in [1.82, 2.24) is 4.57 Å². The molecule has 13 rings (SSSR count). The maximum atomic E-state index is 2.45. The van der Waals surface area contributed by atoms with Gasteiger partial charge in [0.2, 0.25) is 0 Å². The monoisotopic (exact) mass is 890 g/mol. The summed E-state index contributed by atoms with van der Waals surface area (Å²) in [5.41, 5.74) is 18.7. The molecule has 0 bridgehead atoms. The Labute approximate surface area is 408 Å². The van der Waals surface area contributed by atoms with Crippen molar-refractivity contribution in [3.63, 3.8) is 0 Å². The van der Waals surface area contributed by atoms with Crippen molar-refractivity contribution >= 4 is 60.4 Å². The Morgan fingerprint density at radius 1 is 0.257 bits per heavy atom. The molecule has 0 fully saturated rings. The van der Waals surface area contributed by atoms with E-state index < -0.39 is 0 Å². The molecule has 0 N–H and O–H groups in total. The summed E-state index contributed by atoms with van der Waals surface area (Å²) in [4.78, 5) is 2.40. The maximum absolute atomic E-state index is 2.45. The molecule has 0 aliphatic carbocycles. The third kappa shape index (κ3) is 7.22. The molecule has 13 aromatic rings. The average molecular weight is 891 g/mol. The fourth-order valence-corrected chi connectivity index (χ4v) is 10.7. The summed E-state index contributed by atoms with van der Waals surface area (Å²) in [6.07, 6.45) is 0. The molecule has 1 heterocycles. The minimum atomic E-state index is 1.08. The quantitative estimate of drug-likeness (QED) is 0.140. The van der Waals surface area contributed by atoms with E-state index in [0.29, 0.717) is 0 Å². The number of para-hydroxylation sites is 2. The highest BCUT2D eigenvalue weighted by molar-refractivity contribution is 6.19. The van der Waals surface area contributed by atoms with Crippen LogP contribution in [0.25, 0.3) is 105 Å². The van der Waals surface area contributed by atoms with E-state index in [-0.39, 0.29) is 0 Å². The normalized spacial score (nSPS) is 11.4. The highest BCUT2D eigenvalue weighted by Gasteiger charge is 2.22. The predicted octanol–water partition coefficient (Wildman–Crippen LogP) is 18.9. The first kappa shape index (κ1) is 41.0. The minimum Gasteiger partial charge on any atom is -0.310 e. The van der Waals surface area contributed by atoms with Crippen LogP contribution in [0.3, 0.4) is 0 Å². The molecule has 328 valence electrons. The maximum Gasteiger partial charge on any atom is 0.0625 e. The van der Waals surface area contributed by atoms with Gasteiger partial charge < -0.3 is 9.47 Å². The molecule has 2 nitrogen and oxygen atoms in total. The zero-order valence-corrected chi connectivity index (χ0v) is 38.5. The first-order valence-corrected chi connectivity index (χ1v) is 24.1. The molecule has 2 heteroatoms. The zero-order chi connectivity index (χ0) is 46.4. The highest BCUT2D eigenvalue weighted by atomic mass is 15.1. The molecular weight excluding hydrogens is 845 g/mol. The Hall–Kier alpha value is -9.24. The van der Waals surface area contributed by atoms with E-state index >= 15 is 0 Å². The van der Waals surface area contributed by atoms with Crippen LogP contribution in [0.5, 0.6) is 0 Å². The first-order valence-electron chi connectivity index (χ1n) is 24.1. The molecule has 0 radical (unpaired) electrons. The second-order valence-electron chi connectivity index (χ2n) is 18.0. The van der Waals surface area contributed by atoms with Gasteiger partial charge in [-0.15, -0.1) is 0 Å². The van der Waals surface area contributed by atoms with Gasteiger partial charge in [-0.1, -0.05) is 224 Å². The van der Waals surface area contributed by atoms with Crippen LogP contribution in [-0.4, -0.2) is 4.57 Å². The number of benzene rings is 12. The lowest BCUT2D eigenvalue weighted by molar-refractivity contribution is 1.18. The minimum absolute atomic E-state index is 1.08. The molecule has 0 spiro atoms. The third-order valence-electron chi connectivity index (χ3n) is 14.0. The van der Waals surface area contributed by atoms with E-state index in [1.165, 1.54) is 93.4 Å². The SMILES string of the molecule is c1ccc(-c2ccc(-c3cccc(N(c4ccc(-c5ccc(-c6cccc7ccccc67)cc5)cc4)c4ccc(-c5cccc6ccccc56)cc4)c3)c3c4ccccc4n(-c4ccccc4)c23)cc1. The molecule has 0 saturated heterocycles. The van der Waals surface area contributed by atoms with Crippen LogP contribution in [0.2, 0.25) is 0 Å². The van der Waals surface area contributed by atoms with E-state index in [1.807, 2.05) is 0 Å². The number of hydrogen-bond acceptors (Lipinski definition) is 1. The van der Waals surface area contributed by atoms with E-state index in [1.54, 1.807) is 0 Å². The summed E-state index contributed by atoms with van der Waals surface area (Å²) >= 11 is 0. The first-order chi connectivity index (χ1) is 34.7. The summed E-state index contributed by atoms with van der Waals surface area (Å²) in [5, 5.41) is 7.47. The van der Waals surface area contributed by atoms with Crippen LogP contribution >= 0.6 is 0 Å². The largest absolute Gasteiger partial charge is 0.310 e. The van der Waals surface area contributed by atoms with Crippen LogP contribution < -0.4 is 4.90 Å². The van der Waals surface area contributed by atoms with Gasteiger partial charge in [0.25, 0.3) is 0 Å². The second kappa shape index (κ2) is 17.4. The number of rotatable bonds is 9. The van der Waals surface area contributed by atoms with E-state index in [4.69, 9.17) is 0 Å². The summed E-state index contributed by atoms with van der Waals surface area (Å²) in [7, 11) is 0. The van der Waals surface area contributed by atoms with Crippen LogP contribution in [0, 0.1) is 0 Å². The van der Waals surface area contributed by atoms with E-state index in [2.05, 4.69) is 289 Å². The van der Waals surface area contributed by atoms with Gasteiger partial charge in [-0.05, 0) is 126 Å². The van der Waals surface area contributed by atoms with Gasteiger partial charge in [-0.2, -0.15) is 0 Å². The molecule has 0 unspecified atom stereocenters. The van der Waals surface area contributed by atoms with Crippen molar-refractivity contribution in [3.8, 4) is 61.3 Å². The second-order valence-corrected chi connectivity index (χ2v) is 18.0. The molecule has 0 aliphatic heterocycles. The standard InChI is InChI=1S/C68H46N2/c1-3-16-51(17-4-1)64-45-44-63(67-65-28-11-12-31-66(65)70(68(64)67)55-23-5-2-6-24-55)54-22-13-25-58(46-54)69(57-42-38-53(39-43-57)62-30-15-21-50-19-8-10-27-60(50)62)56-40-36-48(37-41-56)47-32-34-52(35-33-47)61-29-14-20-49-18-7-9-26-59(49)61/h1-46H. The van der Waals surface area contributed by atoms with Crippen molar-refractivity contribution in [3.05, 3.63) is 279 Å².